The minimum Gasteiger partial charge on any atom is -0.455 e. The molecule has 120 heavy (non-hydrogen) atoms. The number of ketones is 1. The van der Waals surface area contributed by atoms with Gasteiger partial charge in [-0.1, -0.05) is 129 Å². The first-order chi connectivity index (χ1) is 55.8. The molecule has 29 atom stereocenters. The molecule has 0 aromatic heterocycles. The van der Waals surface area contributed by atoms with E-state index in [9.17, 15) is 94.8 Å². The molecular formula is C90H118Cl2O28. The number of esters is 6. The molecule has 6 saturated carbocycles. The van der Waals surface area contributed by atoms with Gasteiger partial charge in [-0.15, -0.1) is 23.2 Å². The van der Waals surface area contributed by atoms with E-state index in [0.717, 1.165) is 11.1 Å². The van der Waals surface area contributed by atoms with Crippen LogP contribution < -0.4 is 0 Å². The first kappa shape index (κ1) is 92.5. The monoisotopic (exact) mass is 1720 g/mol. The highest BCUT2D eigenvalue weighted by atomic mass is 35.5. The van der Waals surface area contributed by atoms with Gasteiger partial charge in [0, 0.05) is 85.9 Å². The van der Waals surface area contributed by atoms with E-state index in [4.69, 9.17) is 65.8 Å². The van der Waals surface area contributed by atoms with Crippen molar-refractivity contribution in [1.82, 2.24) is 0 Å². The fourth-order valence-corrected chi connectivity index (χ4v) is 24.3. The molecule has 0 radical (unpaired) electrons. The van der Waals surface area contributed by atoms with Crippen LogP contribution >= 0.6 is 23.2 Å². The van der Waals surface area contributed by atoms with Gasteiger partial charge in [0.25, 0.3) is 0 Å². The van der Waals surface area contributed by atoms with Gasteiger partial charge in [-0.05, 0) is 104 Å². The molecule has 3 aliphatic heterocycles. The number of hydrogen-bond donors (Lipinski definition) is 12. The summed E-state index contributed by atoms with van der Waals surface area (Å²) in [6.07, 6.45) is -18.9. The summed E-state index contributed by atoms with van der Waals surface area (Å²) in [6.45, 7) is 27.8. The third-order valence-electron chi connectivity index (χ3n) is 31.1. The molecule has 3 aromatic rings. The second-order valence-electron chi connectivity index (χ2n) is 37.8. The maximum atomic E-state index is 14.3. The number of halogens is 2. The van der Waals surface area contributed by atoms with Crippen LogP contribution in [0.3, 0.4) is 0 Å². The van der Waals surface area contributed by atoms with E-state index in [-0.39, 0.29) is 85.5 Å². The summed E-state index contributed by atoms with van der Waals surface area (Å²) >= 11 is 9.53. The Morgan fingerprint density at radius 3 is 1.10 bits per heavy atom. The van der Waals surface area contributed by atoms with Gasteiger partial charge in [0.15, 0.2) is 22.6 Å². The largest absolute Gasteiger partial charge is 0.455 e. The molecular weight excluding hydrogens is 1600 g/mol. The van der Waals surface area contributed by atoms with E-state index in [1.807, 2.05) is 41.5 Å². The van der Waals surface area contributed by atoms with Crippen LogP contribution in [-0.4, -0.2) is 253 Å². The molecule has 660 valence electrons. The number of carbonyl (C=O) groups is 7. The van der Waals surface area contributed by atoms with Crippen molar-refractivity contribution >= 4 is 64.8 Å². The van der Waals surface area contributed by atoms with E-state index >= 15 is 0 Å². The molecule has 9 aliphatic carbocycles. The first-order valence-corrected chi connectivity index (χ1v) is 42.2. The number of ether oxygens (including phenoxy) is 9. The number of Topliss-reactive ketones (excluding diaryl/α,β-unsaturated/α-hetero) is 1. The zero-order valence-corrected chi connectivity index (χ0v) is 72.4. The number of hydrogen-bond acceptors (Lipinski definition) is 28. The summed E-state index contributed by atoms with van der Waals surface area (Å²) in [6, 6.07) is 24.8. The maximum absolute atomic E-state index is 14.3. The lowest BCUT2D eigenvalue weighted by molar-refractivity contribution is -0.365. The molecule has 3 unspecified atom stereocenters. The molecule has 12 N–H and O–H groups in total. The minimum absolute atomic E-state index is 0.0219. The number of aliphatic hydroxyl groups excluding tert-OH is 9. The fourth-order valence-electron chi connectivity index (χ4n) is 24.3. The van der Waals surface area contributed by atoms with Crippen molar-refractivity contribution in [1.29, 1.82) is 0 Å². The first-order valence-electron chi connectivity index (χ1n) is 41.1. The van der Waals surface area contributed by atoms with Gasteiger partial charge in [-0.25, -0.2) is 14.4 Å². The lowest BCUT2D eigenvalue weighted by Crippen LogP contribution is -2.82. The summed E-state index contributed by atoms with van der Waals surface area (Å²) in [5.74, 6) is -8.80. The van der Waals surface area contributed by atoms with Gasteiger partial charge in [0.05, 0.1) is 108 Å². The lowest BCUT2D eigenvalue weighted by atomic mass is 9.42. The van der Waals surface area contributed by atoms with Crippen LogP contribution in [0.5, 0.6) is 0 Å². The molecule has 3 saturated heterocycles. The van der Waals surface area contributed by atoms with Crippen LogP contribution in [-0.2, 0) is 61.8 Å². The lowest BCUT2D eigenvalue weighted by Gasteiger charge is -2.69. The van der Waals surface area contributed by atoms with E-state index < -0.39 is 223 Å². The third kappa shape index (κ3) is 13.7. The number of alkyl halides is 2. The molecule has 30 heteroatoms. The van der Waals surface area contributed by atoms with Crippen LogP contribution in [0.2, 0.25) is 0 Å². The summed E-state index contributed by atoms with van der Waals surface area (Å²) < 4.78 is 54.0. The average molecular weight is 1720 g/mol. The van der Waals surface area contributed by atoms with Gasteiger partial charge in [0.2, 0.25) is 0 Å². The van der Waals surface area contributed by atoms with Crippen LogP contribution in [0.1, 0.15) is 187 Å². The number of benzene rings is 3. The minimum atomic E-state index is -2.07. The highest BCUT2D eigenvalue weighted by Gasteiger charge is 2.82. The fraction of sp³-hybridized carbons (Fsp3) is 0.656. The Bertz CT molecular complexity index is 4370. The van der Waals surface area contributed by atoms with E-state index in [1.165, 1.54) is 39.8 Å². The summed E-state index contributed by atoms with van der Waals surface area (Å²) in [5.41, 5.74) is -15.1. The predicted molar refractivity (Wildman–Crippen MR) is 430 cm³/mol. The van der Waals surface area contributed by atoms with Crippen molar-refractivity contribution < 1.29 is 137 Å². The summed E-state index contributed by atoms with van der Waals surface area (Å²) in [7, 11) is 0. The SMILES string of the molecule is CC(=O)O[C@@]12CO[C@@H]1C[C@H](C)[C@]1(C)C2[C@H](OC(=O)c2ccccc2)[C@]2(O)C[C@H](O)C(C)=C([C@@H](C)[C@H]1O)C2(C)C.CC(=O)O[C@@]12CO[C@@H]1C[C@H](O)[C@@]1(C)C(=O)[C@H](O)C3=C(C)[C@@H](O)C[C@@](O)([C@@H](OC(=O)c4ccccc4)C12)C3(C)C.CC(=O)O[C@@]12CO[C@@H]1C[C@H](O)[C@]1(C)C2[C@H](OC(=O)c2ccccc2)[C@]2(O)C[C@H](O)C(C)=C([C@@H](O)[C@H]1O)C2(C)C.ClCCl. The molecule has 12 aliphatic rings. The van der Waals surface area contributed by atoms with Gasteiger partial charge >= 0.3 is 35.8 Å². The number of rotatable bonds is 9. The van der Waals surface area contributed by atoms with Crippen molar-refractivity contribution in [3.8, 4) is 0 Å². The van der Waals surface area contributed by atoms with Crippen molar-refractivity contribution in [2.75, 3.05) is 25.2 Å². The number of aliphatic hydroxyl groups is 12. The van der Waals surface area contributed by atoms with Crippen LogP contribution in [0.4, 0.5) is 0 Å². The van der Waals surface area contributed by atoms with Gasteiger partial charge in [0.1, 0.15) is 65.6 Å². The Labute approximate surface area is 708 Å². The quantitative estimate of drug-likeness (QED) is 0.0453. The molecule has 28 nitrogen and oxygen atoms in total. The Hall–Kier alpha value is -6.65. The summed E-state index contributed by atoms with van der Waals surface area (Å²) in [5, 5.41) is 142. The highest BCUT2D eigenvalue weighted by molar-refractivity contribution is 6.40. The van der Waals surface area contributed by atoms with Crippen LogP contribution in [0, 0.1) is 62.1 Å². The van der Waals surface area contributed by atoms with Gasteiger partial charge in [-0.2, -0.15) is 0 Å². The molecule has 0 amide bonds. The predicted octanol–water partition coefficient (Wildman–Crippen LogP) is 6.80. The Morgan fingerprint density at radius 2 is 0.742 bits per heavy atom. The van der Waals surface area contributed by atoms with E-state index in [1.54, 1.807) is 127 Å². The molecule has 3 aromatic carbocycles. The Kier molecular flexibility index (Phi) is 25.0. The molecule has 0 spiro atoms. The molecule has 15 rings (SSSR count). The van der Waals surface area contributed by atoms with Crippen molar-refractivity contribution in [2.24, 2.45) is 62.1 Å². The molecule has 9 fully saturated rings. The number of carbonyl (C=O) groups excluding carboxylic acids is 7. The zero-order chi connectivity index (χ0) is 88.8. The van der Waals surface area contributed by atoms with Crippen LogP contribution in [0.15, 0.2) is 124 Å². The maximum Gasteiger partial charge on any atom is 0.338 e. The Balaban J connectivity index is 0.000000162. The topological polar surface area (TPSA) is 445 Å². The van der Waals surface area contributed by atoms with Gasteiger partial charge < -0.3 is 104 Å². The second kappa shape index (κ2) is 32.4. The molecule has 3 heterocycles. The second-order valence-corrected chi connectivity index (χ2v) is 38.6. The zero-order valence-electron chi connectivity index (χ0n) is 70.9. The highest BCUT2D eigenvalue weighted by Crippen LogP contribution is 2.70. The Morgan fingerprint density at radius 1 is 0.433 bits per heavy atom. The number of fused-ring (bicyclic) bond motifs is 15. The van der Waals surface area contributed by atoms with E-state index in [2.05, 4.69) is 0 Å². The van der Waals surface area contributed by atoms with Crippen LogP contribution in [0.25, 0.3) is 0 Å². The third-order valence-corrected chi connectivity index (χ3v) is 31.1. The standard InChI is InChI=1S/C31H42O8.C29H38O10.C29H36O10.CH2Cl2/c1-16-13-22-30(15-37-22,39-19(4)32)24-26(38-27(35)20-11-9-8-10-12-20)31(36)14-21(33)17(2)23(28(31,5)6)18(3)25(34)29(16,24)7;2*1-14-17(31)12-29(36)24(38-25(35)16-9-7-6-8-10-16)22-27(5,23(34)21(33)20(14)26(29,3)4)18(32)11-19-28(22,13-37-19)39-15(2)30;2-1-3/h8-12,16,18,21-22,24-26,33-34,36H,13-15H2,1-7H3;6-10,17-19,21-24,31-34,36H,11-13H2,1-5H3;6-10,17-19,21-22,24,31-33,36H,11-13H2,1-5H3;1H2/t16-,18+,21-,22+,24?,25+,26-,29+,30-,31+;17-,18-,19+,21+,22?,23+,24-,27+,28-,29+;17-,18-,19+,21+,22?,24-,27+,28-,29+;/m000./s1. The van der Waals surface area contributed by atoms with Gasteiger partial charge in [-0.3, -0.25) is 19.2 Å². The molecule has 6 bridgehead atoms. The summed E-state index contributed by atoms with van der Waals surface area (Å²) in [4.78, 5) is 92.6. The van der Waals surface area contributed by atoms with E-state index in [0.29, 0.717) is 23.1 Å². The van der Waals surface area contributed by atoms with Crippen molar-refractivity contribution in [3.63, 3.8) is 0 Å². The smallest absolute Gasteiger partial charge is 0.338 e. The average Bonchev–Trinajstić information content (AvgIpc) is 0.678. The van der Waals surface area contributed by atoms with Crippen molar-refractivity contribution in [3.05, 3.63) is 141 Å². The van der Waals surface area contributed by atoms with Crippen molar-refractivity contribution in [2.45, 2.75) is 281 Å². The normalized spacial score (nSPS) is 43.0.